The normalized spacial score (nSPS) is 20.0. The lowest BCUT2D eigenvalue weighted by Gasteiger charge is -2.27. The van der Waals surface area contributed by atoms with Crippen LogP contribution in [0.1, 0.15) is 6.42 Å². The van der Waals surface area contributed by atoms with Gasteiger partial charge < -0.3 is 9.64 Å². The molecule has 1 aliphatic rings. The number of hydrogen-bond acceptors (Lipinski definition) is 7. The molecular formula is C13H19N3O4S2. The van der Waals surface area contributed by atoms with Gasteiger partial charge >= 0.3 is 0 Å². The number of sulfone groups is 1. The van der Waals surface area contributed by atoms with Crippen molar-refractivity contribution in [2.75, 3.05) is 37.5 Å². The third-order valence-corrected chi connectivity index (χ3v) is 5.98. The summed E-state index contributed by atoms with van der Waals surface area (Å²) in [7, 11) is -1.48. The Bertz CT molecular complexity index is 595. The van der Waals surface area contributed by atoms with Crippen LogP contribution in [-0.4, -0.2) is 72.8 Å². The third kappa shape index (κ3) is 4.92. The molecule has 0 spiro atoms. The second-order valence-electron chi connectivity index (χ2n) is 4.96. The van der Waals surface area contributed by atoms with Crippen molar-refractivity contribution in [3.8, 4) is 0 Å². The zero-order chi connectivity index (χ0) is 16.0. The molecule has 22 heavy (non-hydrogen) atoms. The van der Waals surface area contributed by atoms with E-state index in [1.807, 2.05) is 0 Å². The molecule has 0 bridgehead atoms. The summed E-state index contributed by atoms with van der Waals surface area (Å²) in [5.74, 6) is 0.249. The minimum atomic E-state index is -3.03. The van der Waals surface area contributed by atoms with E-state index in [0.717, 1.165) is 0 Å². The van der Waals surface area contributed by atoms with E-state index in [1.54, 1.807) is 30.5 Å². The quantitative estimate of drug-likeness (QED) is 0.516. The van der Waals surface area contributed by atoms with E-state index in [1.165, 1.54) is 11.8 Å². The van der Waals surface area contributed by atoms with Gasteiger partial charge in [-0.25, -0.2) is 18.4 Å². The number of amides is 1. The van der Waals surface area contributed by atoms with E-state index in [4.69, 9.17) is 4.74 Å². The Balaban J connectivity index is 1.97. The van der Waals surface area contributed by atoms with Crippen molar-refractivity contribution in [3.05, 3.63) is 18.5 Å². The van der Waals surface area contributed by atoms with E-state index >= 15 is 0 Å². The maximum atomic E-state index is 12.4. The molecule has 1 atom stereocenters. The summed E-state index contributed by atoms with van der Waals surface area (Å²) in [5, 5.41) is 0.529. The average molecular weight is 345 g/mol. The van der Waals surface area contributed by atoms with Crippen LogP contribution >= 0.6 is 11.8 Å². The number of carbonyl (C=O) groups excluding carboxylic acids is 1. The summed E-state index contributed by atoms with van der Waals surface area (Å²) in [6, 6.07) is 1.45. The molecule has 2 rings (SSSR count). The third-order valence-electron chi connectivity index (χ3n) is 3.37. The van der Waals surface area contributed by atoms with Gasteiger partial charge in [-0.05, 0) is 12.5 Å². The standard InChI is InChI=1S/C13H19N3O4S2/c1-20-7-6-16(11-3-8-22(18,19)10-11)12(17)9-21-13-14-4-2-5-15-13/h2,4-5,11H,3,6-10H2,1H3/t11-/m1/s1. The molecule has 1 aromatic heterocycles. The molecule has 0 aliphatic carbocycles. The molecule has 0 aromatic carbocycles. The smallest absolute Gasteiger partial charge is 0.233 e. The van der Waals surface area contributed by atoms with Crippen molar-refractivity contribution < 1.29 is 17.9 Å². The van der Waals surface area contributed by atoms with Crippen molar-refractivity contribution in [1.29, 1.82) is 0 Å². The topological polar surface area (TPSA) is 89.5 Å². The number of carbonyl (C=O) groups is 1. The Labute approximate surface area is 134 Å². The molecule has 1 saturated heterocycles. The number of methoxy groups -OCH3 is 1. The predicted molar refractivity (Wildman–Crippen MR) is 83.4 cm³/mol. The van der Waals surface area contributed by atoms with Gasteiger partial charge in [-0.1, -0.05) is 11.8 Å². The molecule has 7 nitrogen and oxygen atoms in total. The average Bonchev–Trinajstić information content (AvgIpc) is 2.86. The highest BCUT2D eigenvalue weighted by atomic mass is 32.2. The van der Waals surface area contributed by atoms with Crippen LogP contribution in [0.25, 0.3) is 0 Å². The molecule has 0 N–H and O–H groups in total. The van der Waals surface area contributed by atoms with Crippen LogP contribution in [0.4, 0.5) is 0 Å². The Hall–Kier alpha value is -1.19. The molecule has 1 aromatic rings. The van der Waals surface area contributed by atoms with Crippen molar-refractivity contribution in [2.24, 2.45) is 0 Å². The number of hydrogen-bond donors (Lipinski definition) is 0. The summed E-state index contributed by atoms with van der Waals surface area (Å²) < 4.78 is 28.3. The van der Waals surface area contributed by atoms with E-state index in [2.05, 4.69) is 9.97 Å². The molecular weight excluding hydrogens is 326 g/mol. The molecule has 122 valence electrons. The molecule has 1 amide bonds. The van der Waals surface area contributed by atoms with E-state index in [-0.39, 0.29) is 29.2 Å². The van der Waals surface area contributed by atoms with Gasteiger partial charge in [-0.2, -0.15) is 0 Å². The summed E-state index contributed by atoms with van der Waals surface area (Å²) >= 11 is 1.25. The van der Waals surface area contributed by atoms with Crippen molar-refractivity contribution >= 4 is 27.5 Å². The molecule has 2 heterocycles. The SMILES string of the molecule is COCCN(C(=O)CSc1ncccn1)[C@@H]1CCS(=O)(=O)C1. The van der Waals surface area contributed by atoms with Gasteiger partial charge in [0.25, 0.3) is 0 Å². The fourth-order valence-electron chi connectivity index (χ4n) is 2.29. The number of aromatic nitrogens is 2. The molecule has 1 aliphatic heterocycles. The van der Waals surface area contributed by atoms with Gasteiger partial charge in [0.05, 0.1) is 23.9 Å². The Morgan fingerprint density at radius 3 is 2.77 bits per heavy atom. The lowest BCUT2D eigenvalue weighted by Crippen LogP contribution is -2.44. The van der Waals surface area contributed by atoms with Gasteiger partial charge in [0.15, 0.2) is 15.0 Å². The molecule has 1 fully saturated rings. The fourth-order valence-corrected chi connectivity index (χ4v) is 4.71. The lowest BCUT2D eigenvalue weighted by molar-refractivity contribution is -0.130. The fraction of sp³-hybridized carbons (Fsp3) is 0.615. The molecule has 0 unspecified atom stereocenters. The van der Waals surface area contributed by atoms with Crippen LogP contribution in [0.5, 0.6) is 0 Å². The summed E-state index contributed by atoms with van der Waals surface area (Å²) in [6.07, 6.45) is 3.72. The van der Waals surface area contributed by atoms with Crippen LogP contribution in [0, 0.1) is 0 Å². The van der Waals surface area contributed by atoms with Gasteiger partial charge in [-0.3, -0.25) is 4.79 Å². The first-order chi connectivity index (χ1) is 10.5. The van der Waals surface area contributed by atoms with Gasteiger partial charge in [0.2, 0.25) is 5.91 Å². The lowest BCUT2D eigenvalue weighted by atomic mass is 10.2. The Kier molecular flexibility index (Phi) is 6.16. The number of rotatable bonds is 7. The zero-order valence-corrected chi connectivity index (χ0v) is 14.0. The van der Waals surface area contributed by atoms with Gasteiger partial charge in [0, 0.05) is 32.1 Å². The van der Waals surface area contributed by atoms with E-state index in [9.17, 15) is 13.2 Å². The van der Waals surface area contributed by atoms with Crippen LogP contribution in [0.3, 0.4) is 0 Å². The second kappa shape index (κ2) is 7.89. The van der Waals surface area contributed by atoms with Crippen LogP contribution in [-0.2, 0) is 19.4 Å². The van der Waals surface area contributed by atoms with Crippen LogP contribution < -0.4 is 0 Å². The monoisotopic (exact) mass is 345 g/mol. The minimum Gasteiger partial charge on any atom is -0.383 e. The minimum absolute atomic E-state index is 0.0367. The van der Waals surface area contributed by atoms with E-state index in [0.29, 0.717) is 24.7 Å². The number of nitrogens with zero attached hydrogens (tertiary/aromatic N) is 3. The maximum absolute atomic E-state index is 12.4. The first-order valence-corrected chi connectivity index (χ1v) is 9.71. The highest BCUT2D eigenvalue weighted by molar-refractivity contribution is 7.99. The summed E-state index contributed by atoms with van der Waals surface area (Å²) in [6.45, 7) is 0.778. The molecule has 0 saturated carbocycles. The second-order valence-corrected chi connectivity index (χ2v) is 8.13. The van der Waals surface area contributed by atoms with Crippen molar-refractivity contribution in [2.45, 2.75) is 17.6 Å². The van der Waals surface area contributed by atoms with Crippen LogP contribution in [0.2, 0.25) is 0 Å². The maximum Gasteiger partial charge on any atom is 0.233 e. The first kappa shape index (κ1) is 17.2. The van der Waals surface area contributed by atoms with Crippen LogP contribution in [0.15, 0.2) is 23.6 Å². The number of ether oxygens (including phenoxy) is 1. The highest BCUT2D eigenvalue weighted by Crippen LogP contribution is 2.20. The Morgan fingerprint density at radius 2 is 2.18 bits per heavy atom. The zero-order valence-electron chi connectivity index (χ0n) is 12.3. The summed E-state index contributed by atoms with van der Waals surface area (Å²) in [4.78, 5) is 22.1. The number of thioether (sulfide) groups is 1. The first-order valence-electron chi connectivity index (χ1n) is 6.90. The predicted octanol–water partition coefficient (Wildman–Crippen LogP) is 0.231. The highest BCUT2D eigenvalue weighted by Gasteiger charge is 2.34. The molecule has 9 heteroatoms. The molecule has 0 radical (unpaired) electrons. The largest absolute Gasteiger partial charge is 0.383 e. The van der Waals surface area contributed by atoms with E-state index < -0.39 is 9.84 Å². The Morgan fingerprint density at radius 1 is 1.45 bits per heavy atom. The van der Waals surface area contributed by atoms with Gasteiger partial charge in [-0.15, -0.1) is 0 Å². The van der Waals surface area contributed by atoms with Crippen molar-refractivity contribution in [1.82, 2.24) is 14.9 Å². The summed E-state index contributed by atoms with van der Waals surface area (Å²) in [5.41, 5.74) is 0. The van der Waals surface area contributed by atoms with Gasteiger partial charge in [0.1, 0.15) is 0 Å². The van der Waals surface area contributed by atoms with Crippen molar-refractivity contribution in [3.63, 3.8) is 0 Å².